The zero-order valence-electron chi connectivity index (χ0n) is 42.4. The topological polar surface area (TPSA) is 37.3 Å². The maximum atomic E-state index is 13.2. The first-order valence-corrected chi connectivity index (χ1v) is 28.1. The van der Waals surface area contributed by atoms with Crippen molar-refractivity contribution in [2.75, 3.05) is 0 Å². The third-order valence-electron chi connectivity index (χ3n) is 14.0. The molecule has 0 saturated carbocycles. The van der Waals surface area contributed by atoms with Gasteiger partial charge < -0.3 is 5.11 Å². The summed E-state index contributed by atoms with van der Waals surface area (Å²) in [4.78, 5) is 13.2. The van der Waals surface area contributed by atoms with E-state index >= 15 is 0 Å². The highest BCUT2D eigenvalue weighted by Gasteiger charge is 2.26. The van der Waals surface area contributed by atoms with Crippen molar-refractivity contribution in [3.8, 4) is 0 Å². The Hall–Kier alpha value is -1.57. The Kier molecular flexibility index (Phi) is 39.9. The van der Waals surface area contributed by atoms with E-state index in [1.165, 1.54) is 274 Å². The molecule has 0 aliphatic carbocycles. The number of hydrogen-bond donors (Lipinski definition) is 1. The Bertz CT molecular complexity index is 1100. The Labute approximate surface area is 383 Å². The van der Waals surface area contributed by atoms with Crippen LogP contribution in [0.4, 0.5) is 0 Å². The SMILES string of the molecule is C=C(C(=O)O)c1c(CCCCCCCCCC)c(CCCCCCCCCC)c(CCCCCCCCCC)c(CCCCCCCCCC)c1CCCCCCCCCC. The summed E-state index contributed by atoms with van der Waals surface area (Å²) in [7, 11) is 0. The van der Waals surface area contributed by atoms with E-state index in [9.17, 15) is 9.90 Å². The minimum absolute atomic E-state index is 0.386. The van der Waals surface area contributed by atoms with E-state index in [0.717, 1.165) is 31.2 Å². The van der Waals surface area contributed by atoms with Gasteiger partial charge in [0.2, 0.25) is 0 Å². The highest BCUT2D eigenvalue weighted by Crippen LogP contribution is 2.38. The number of carboxylic acids is 1. The average molecular weight is 850 g/mol. The number of rotatable bonds is 47. The van der Waals surface area contributed by atoms with Crippen LogP contribution < -0.4 is 0 Å². The summed E-state index contributed by atoms with van der Waals surface area (Å²) in [6.45, 7) is 16.0. The number of carboxylic acid groups (broad SMARTS) is 1. The molecule has 1 aromatic rings. The second-order valence-corrected chi connectivity index (χ2v) is 19.7. The van der Waals surface area contributed by atoms with Crippen LogP contribution in [0.3, 0.4) is 0 Å². The van der Waals surface area contributed by atoms with Crippen LogP contribution in [-0.2, 0) is 36.9 Å². The summed E-state index contributed by atoms with van der Waals surface area (Å²) < 4.78 is 0. The van der Waals surface area contributed by atoms with E-state index < -0.39 is 5.97 Å². The number of unbranched alkanes of at least 4 members (excludes halogenated alkanes) is 35. The van der Waals surface area contributed by atoms with Gasteiger partial charge in [0.25, 0.3) is 0 Å². The maximum Gasteiger partial charge on any atom is 0.335 e. The molecule has 0 bridgehead atoms. The van der Waals surface area contributed by atoms with Crippen molar-refractivity contribution in [1.82, 2.24) is 0 Å². The summed E-state index contributed by atoms with van der Waals surface area (Å²) in [5.74, 6) is -0.804. The maximum absolute atomic E-state index is 13.2. The van der Waals surface area contributed by atoms with Crippen molar-refractivity contribution in [1.29, 1.82) is 0 Å². The molecule has 2 heteroatoms. The fraction of sp³-hybridized carbons (Fsp3) is 0.847. The first-order chi connectivity index (χ1) is 30.0. The molecule has 2 nitrogen and oxygen atoms in total. The van der Waals surface area contributed by atoms with Gasteiger partial charge in [0.05, 0.1) is 5.57 Å². The lowest BCUT2D eigenvalue weighted by molar-refractivity contribution is -0.130. The molecule has 0 spiro atoms. The predicted octanol–water partition coefficient (Wildman–Crippen LogP) is 20.2. The van der Waals surface area contributed by atoms with Gasteiger partial charge >= 0.3 is 5.97 Å². The third-order valence-corrected chi connectivity index (χ3v) is 14.0. The van der Waals surface area contributed by atoms with Crippen LogP contribution in [0.1, 0.15) is 325 Å². The van der Waals surface area contributed by atoms with Crippen LogP contribution in [0.25, 0.3) is 5.57 Å². The van der Waals surface area contributed by atoms with Crippen LogP contribution in [0, 0.1) is 0 Å². The molecular weight excluding hydrogens is 741 g/mol. The number of aliphatic carboxylic acids is 1. The number of hydrogen-bond acceptors (Lipinski definition) is 1. The summed E-state index contributed by atoms with van der Waals surface area (Å²) in [5, 5.41) is 10.8. The lowest BCUT2D eigenvalue weighted by atomic mass is 9.76. The van der Waals surface area contributed by atoms with E-state index in [-0.39, 0.29) is 0 Å². The summed E-state index contributed by atoms with van der Waals surface area (Å²) >= 11 is 0. The van der Waals surface area contributed by atoms with Crippen molar-refractivity contribution in [2.24, 2.45) is 0 Å². The minimum Gasteiger partial charge on any atom is -0.478 e. The molecule has 61 heavy (non-hydrogen) atoms. The zero-order valence-corrected chi connectivity index (χ0v) is 42.4. The highest BCUT2D eigenvalue weighted by atomic mass is 16.4. The average Bonchev–Trinajstić information content (AvgIpc) is 3.26. The van der Waals surface area contributed by atoms with Gasteiger partial charge in [-0.05, 0) is 97.6 Å². The molecule has 0 saturated heterocycles. The van der Waals surface area contributed by atoms with Crippen LogP contribution in [0.15, 0.2) is 6.58 Å². The Balaban J connectivity index is 3.70. The molecule has 0 radical (unpaired) electrons. The van der Waals surface area contributed by atoms with Gasteiger partial charge in [-0.1, -0.05) is 266 Å². The van der Waals surface area contributed by atoms with Crippen LogP contribution in [-0.4, -0.2) is 11.1 Å². The summed E-state index contributed by atoms with van der Waals surface area (Å²) in [6, 6.07) is 0. The highest BCUT2D eigenvalue weighted by molar-refractivity contribution is 6.15. The Morgan fingerprint density at radius 2 is 0.459 bits per heavy atom. The van der Waals surface area contributed by atoms with Gasteiger partial charge in [0, 0.05) is 0 Å². The van der Waals surface area contributed by atoms with E-state index in [1.54, 1.807) is 16.7 Å². The smallest absolute Gasteiger partial charge is 0.335 e. The third kappa shape index (κ3) is 28.8. The van der Waals surface area contributed by atoms with Gasteiger partial charge in [-0.3, -0.25) is 0 Å². The molecule has 0 aromatic heterocycles. The van der Waals surface area contributed by atoms with E-state index in [1.807, 2.05) is 0 Å². The molecule has 0 atom stereocenters. The van der Waals surface area contributed by atoms with E-state index in [4.69, 9.17) is 0 Å². The lowest BCUT2D eigenvalue weighted by Crippen LogP contribution is -2.17. The second-order valence-electron chi connectivity index (χ2n) is 19.7. The number of carbonyl (C=O) groups is 1. The van der Waals surface area contributed by atoms with Gasteiger partial charge in [-0.15, -0.1) is 0 Å². The molecule has 1 rings (SSSR count). The minimum atomic E-state index is -0.804. The standard InChI is InChI=1S/C59H108O2/c1-7-12-17-22-27-32-37-42-47-53-54(48-43-38-33-28-23-18-13-8-2)56(50-45-40-35-30-25-20-15-10-4)58(52(6)59(60)61)57(51-46-41-36-31-26-21-16-11-5)55(53)49-44-39-34-29-24-19-14-9-3/h6-51H2,1-5H3,(H,60,61). The molecule has 0 unspecified atom stereocenters. The van der Waals surface area contributed by atoms with Crippen molar-refractivity contribution in [3.63, 3.8) is 0 Å². The fourth-order valence-corrected chi connectivity index (χ4v) is 10.1. The van der Waals surface area contributed by atoms with Gasteiger partial charge in [-0.2, -0.15) is 0 Å². The van der Waals surface area contributed by atoms with Crippen molar-refractivity contribution >= 4 is 11.5 Å². The van der Waals surface area contributed by atoms with Gasteiger partial charge in [-0.25, -0.2) is 4.79 Å². The quantitative estimate of drug-likeness (QED) is 0.0524. The van der Waals surface area contributed by atoms with Crippen LogP contribution in [0.5, 0.6) is 0 Å². The van der Waals surface area contributed by atoms with Gasteiger partial charge in [0.1, 0.15) is 0 Å². The molecular formula is C59H108O2. The van der Waals surface area contributed by atoms with Gasteiger partial charge in [0.15, 0.2) is 0 Å². The Morgan fingerprint density at radius 1 is 0.295 bits per heavy atom. The van der Waals surface area contributed by atoms with Crippen molar-refractivity contribution < 1.29 is 9.90 Å². The van der Waals surface area contributed by atoms with Crippen molar-refractivity contribution in [3.05, 3.63) is 40.0 Å². The fourth-order valence-electron chi connectivity index (χ4n) is 10.1. The van der Waals surface area contributed by atoms with Crippen molar-refractivity contribution in [2.45, 2.75) is 324 Å². The lowest BCUT2D eigenvalue weighted by Gasteiger charge is -2.28. The molecule has 0 amide bonds. The monoisotopic (exact) mass is 849 g/mol. The molecule has 0 aliphatic rings. The van der Waals surface area contributed by atoms with Crippen LogP contribution >= 0.6 is 0 Å². The zero-order chi connectivity index (χ0) is 44.4. The molecule has 1 aromatic carbocycles. The van der Waals surface area contributed by atoms with E-state index in [2.05, 4.69) is 41.2 Å². The first kappa shape index (κ1) is 57.4. The number of benzene rings is 1. The van der Waals surface area contributed by atoms with E-state index in [0.29, 0.717) is 5.57 Å². The molecule has 0 heterocycles. The first-order valence-electron chi connectivity index (χ1n) is 28.1. The predicted molar refractivity (Wildman–Crippen MR) is 275 cm³/mol. The second kappa shape index (κ2) is 42.4. The summed E-state index contributed by atoms with van der Waals surface area (Å²) in [6.07, 6.45) is 58.5. The normalized spacial score (nSPS) is 11.6. The summed E-state index contributed by atoms with van der Waals surface area (Å²) in [5.41, 5.74) is 9.18. The largest absolute Gasteiger partial charge is 0.478 e. The molecule has 0 fully saturated rings. The van der Waals surface area contributed by atoms with Crippen LogP contribution in [0.2, 0.25) is 0 Å². The molecule has 0 aliphatic heterocycles. The molecule has 1 N–H and O–H groups in total. The molecule has 356 valence electrons. The Morgan fingerprint density at radius 3 is 0.656 bits per heavy atom.